The molecular weight excluding hydrogens is 997 g/mol. The Morgan fingerprint density at radius 1 is 0.370 bits per heavy atom. The van der Waals surface area contributed by atoms with Crippen LogP contribution in [0.25, 0.3) is 83.8 Å². The number of nitrogens with zero attached hydrogens (tertiary/aromatic N) is 10. The minimum atomic E-state index is 0.121. The number of rotatable bonds is 5. The summed E-state index contributed by atoms with van der Waals surface area (Å²) >= 11 is 0. The number of benzene rings is 10. The number of aromatic nitrogens is 9. The predicted octanol–water partition coefficient (Wildman–Crippen LogP) is 16.3. The van der Waals surface area contributed by atoms with Crippen molar-refractivity contribution in [3.63, 3.8) is 0 Å². The van der Waals surface area contributed by atoms with Crippen LogP contribution in [-0.2, 0) is 14.1 Å². The molecule has 0 saturated heterocycles. The second-order valence-corrected chi connectivity index (χ2v) is 19.3. The second-order valence-electron chi connectivity index (χ2n) is 19.3. The van der Waals surface area contributed by atoms with Gasteiger partial charge in [0, 0.05) is 49.3 Å². The molecule has 11 heteroatoms. The summed E-state index contributed by atoms with van der Waals surface area (Å²) in [6, 6.07) is 91.8. The lowest BCUT2D eigenvalue weighted by Crippen LogP contribution is -2.08. The molecule has 10 aromatic carbocycles. The van der Waals surface area contributed by atoms with Crippen LogP contribution in [-0.4, -0.2) is 55.3 Å². The van der Waals surface area contributed by atoms with Gasteiger partial charge in [0.25, 0.3) is 0 Å². The predicted molar refractivity (Wildman–Crippen MR) is 334 cm³/mol. The molecule has 0 spiro atoms. The fourth-order valence-electron chi connectivity index (χ4n) is 10.0. The molecule has 5 aromatic heterocycles. The van der Waals surface area contributed by atoms with Gasteiger partial charge in [-0.2, -0.15) is 0 Å². The fraction of sp³-hybridized carbons (Fsp3) is 0.0714. The van der Waals surface area contributed by atoms with E-state index in [1.165, 1.54) is 16.9 Å². The summed E-state index contributed by atoms with van der Waals surface area (Å²) in [4.78, 5) is 31.8. The molecule has 0 N–H and O–H groups in total. The average Bonchev–Trinajstić information content (AvgIpc) is 3.81. The third kappa shape index (κ3) is 11.1. The van der Waals surface area contributed by atoms with Gasteiger partial charge >= 0.3 is 0 Å². The van der Waals surface area contributed by atoms with Crippen LogP contribution in [0.4, 0.5) is 11.4 Å². The summed E-state index contributed by atoms with van der Waals surface area (Å²) in [5.41, 5.74) is 16.3. The number of Topliss-reactive ketones (excluding diaryl/α,β-unsaturated/α-hetero) is 1. The summed E-state index contributed by atoms with van der Waals surface area (Å²) in [6.45, 7) is 3.60. The zero-order valence-electron chi connectivity index (χ0n) is 45.9. The van der Waals surface area contributed by atoms with Gasteiger partial charge in [0.2, 0.25) is 11.6 Å². The first kappa shape index (κ1) is 52.4. The van der Waals surface area contributed by atoms with Crippen LogP contribution in [0, 0.1) is 6.92 Å². The van der Waals surface area contributed by atoms with E-state index in [0.717, 1.165) is 89.7 Å². The van der Waals surface area contributed by atoms with Crippen molar-refractivity contribution in [2.24, 2.45) is 14.1 Å². The average molecular weight is 1060 g/mol. The molecule has 396 valence electrons. The Hall–Kier alpha value is -10.7. The molecule has 81 heavy (non-hydrogen) atoms. The summed E-state index contributed by atoms with van der Waals surface area (Å²) in [7, 11) is 6.16. The van der Waals surface area contributed by atoms with Crippen molar-refractivity contribution >= 4 is 83.9 Å². The molecule has 15 rings (SSSR count). The van der Waals surface area contributed by atoms with Crippen LogP contribution in [0.3, 0.4) is 0 Å². The standard InChI is InChI=1S/C21H15N5.2C14H12N2.C13H13N.C8H8O/c1-24-20-22-14-8-2-4-10-16(14)25(20)18-12-6-7-13-19(18)26-17-11-5-3-9-15(17)23-21(24)26;1-16-13-10-6-5-9-12(13)15-14(16)11-7-3-2-4-8-11;1-11-15-13-9-5-6-10-14(13)16(11)12-7-3-2-4-8-12;1-14(12-8-4-2-5-9-12)13-10-6-3-7-11-13;1-7(9)8-5-3-2-4-6-8/h2-13H,1H3;2*2-10H,1H3;2-11H,1H3;2-6H,1H3. The highest BCUT2D eigenvalue weighted by Crippen LogP contribution is 2.28. The normalized spacial score (nSPS) is 10.8. The number of imidazole rings is 4. The van der Waals surface area contributed by atoms with Gasteiger partial charge in [0.05, 0.1) is 55.2 Å². The number of carbonyl (C=O) groups excluding carboxylic acids is 1. The number of fused-ring (bicyclic) bond motifs is 11. The molecule has 5 heterocycles. The number of hydrogen-bond donors (Lipinski definition) is 0. The molecule has 0 aliphatic heterocycles. The van der Waals surface area contributed by atoms with Gasteiger partial charge in [-0.15, -0.1) is 0 Å². The van der Waals surface area contributed by atoms with Crippen molar-refractivity contribution in [2.45, 2.75) is 13.8 Å². The Balaban J connectivity index is 0.000000111. The highest BCUT2D eigenvalue weighted by Gasteiger charge is 2.16. The van der Waals surface area contributed by atoms with E-state index in [1.54, 1.807) is 6.92 Å². The Kier molecular flexibility index (Phi) is 15.5. The van der Waals surface area contributed by atoms with Gasteiger partial charge in [-0.25, -0.2) is 19.9 Å². The van der Waals surface area contributed by atoms with Crippen LogP contribution in [0.2, 0.25) is 0 Å². The smallest absolute Gasteiger partial charge is 0.218 e. The SMILES string of the molecule is CC(=O)c1ccccc1.CN(c1ccccc1)c1ccccc1.Cc1nc2ccccc2n1-c1ccccc1.Cn1c(-c2ccccc2)nc2ccccc21.Cn1c2nc3ccccc3n2c2ccccc2n2c3ccccc3nc12. The molecule has 0 fully saturated rings. The van der Waals surface area contributed by atoms with Gasteiger partial charge in [0.15, 0.2) is 5.78 Å². The van der Waals surface area contributed by atoms with E-state index < -0.39 is 0 Å². The molecule has 0 aliphatic carbocycles. The number of carbonyl (C=O) groups is 1. The first-order valence-corrected chi connectivity index (χ1v) is 26.9. The maximum Gasteiger partial charge on any atom is 0.218 e. The van der Waals surface area contributed by atoms with E-state index in [2.05, 4.69) is 197 Å². The Morgan fingerprint density at radius 3 is 1.17 bits per heavy atom. The fourth-order valence-corrected chi connectivity index (χ4v) is 10.0. The molecule has 11 nitrogen and oxygen atoms in total. The van der Waals surface area contributed by atoms with Crippen molar-refractivity contribution in [1.29, 1.82) is 0 Å². The van der Waals surface area contributed by atoms with Crippen LogP contribution in [0.15, 0.2) is 273 Å². The highest BCUT2D eigenvalue weighted by molar-refractivity contribution is 5.94. The third-order valence-corrected chi connectivity index (χ3v) is 14.1. The second kappa shape index (κ2) is 23.9. The Labute approximate surface area is 470 Å². The molecule has 0 saturated carbocycles. The monoisotopic (exact) mass is 1060 g/mol. The van der Waals surface area contributed by atoms with Crippen molar-refractivity contribution in [3.8, 4) is 17.1 Å². The van der Waals surface area contributed by atoms with Gasteiger partial charge in [-0.1, -0.05) is 176 Å². The van der Waals surface area contributed by atoms with E-state index in [4.69, 9.17) is 9.97 Å². The highest BCUT2D eigenvalue weighted by atomic mass is 16.1. The van der Waals surface area contributed by atoms with Crippen molar-refractivity contribution in [2.75, 3.05) is 11.9 Å². The lowest BCUT2D eigenvalue weighted by molar-refractivity contribution is 0.101. The molecule has 0 aliphatic rings. The Bertz CT molecular complexity index is 4440. The van der Waals surface area contributed by atoms with Gasteiger partial charge in [-0.05, 0) is 111 Å². The van der Waals surface area contributed by atoms with Crippen LogP contribution in [0.1, 0.15) is 23.1 Å². The minimum Gasteiger partial charge on any atom is -0.345 e. The van der Waals surface area contributed by atoms with E-state index >= 15 is 0 Å². The van der Waals surface area contributed by atoms with E-state index in [0.29, 0.717) is 0 Å². The summed E-state index contributed by atoms with van der Waals surface area (Å²) in [6.07, 6.45) is 0. The van der Waals surface area contributed by atoms with Crippen molar-refractivity contribution in [1.82, 2.24) is 42.4 Å². The quantitative estimate of drug-likeness (QED) is 0.159. The van der Waals surface area contributed by atoms with E-state index in [-0.39, 0.29) is 5.78 Å². The third-order valence-electron chi connectivity index (χ3n) is 14.1. The molecule has 0 radical (unpaired) electrons. The van der Waals surface area contributed by atoms with Crippen molar-refractivity contribution < 1.29 is 4.79 Å². The lowest BCUT2D eigenvalue weighted by atomic mass is 10.2. The van der Waals surface area contributed by atoms with Gasteiger partial charge < -0.3 is 9.47 Å². The molecular formula is C70H60N10O. The zero-order chi connectivity index (χ0) is 55.7. The topological polar surface area (TPSA) is 95.5 Å². The molecule has 0 amide bonds. The van der Waals surface area contributed by atoms with Crippen molar-refractivity contribution in [3.05, 3.63) is 284 Å². The molecule has 0 atom stereocenters. The minimum absolute atomic E-state index is 0.121. The van der Waals surface area contributed by atoms with Crippen LogP contribution >= 0.6 is 0 Å². The summed E-state index contributed by atoms with van der Waals surface area (Å²) in [5.74, 6) is 3.89. The molecule has 0 bridgehead atoms. The molecule has 0 unspecified atom stereocenters. The zero-order valence-corrected chi connectivity index (χ0v) is 45.9. The maximum atomic E-state index is 10.6. The van der Waals surface area contributed by atoms with Gasteiger partial charge in [-0.3, -0.25) is 22.7 Å². The van der Waals surface area contributed by atoms with Crippen LogP contribution in [0.5, 0.6) is 0 Å². The summed E-state index contributed by atoms with van der Waals surface area (Å²) in [5, 5.41) is 0. The largest absolute Gasteiger partial charge is 0.345 e. The van der Waals surface area contributed by atoms with Gasteiger partial charge in [0.1, 0.15) is 11.6 Å². The summed E-state index contributed by atoms with van der Waals surface area (Å²) < 4.78 is 10.8. The number of para-hydroxylation sites is 13. The number of anilines is 2. The van der Waals surface area contributed by atoms with E-state index in [1.807, 2.05) is 141 Å². The molecule has 15 aromatic rings. The lowest BCUT2D eigenvalue weighted by Gasteiger charge is -2.18. The Morgan fingerprint density at radius 2 is 0.728 bits per heavy atom. The maximum absolute atomic E-state index is 10.6. The first-order valence-electron chi connectivity index (χ1n) is 26.9. The number of ketones is 1. The van der Waals surface area contributed by atoms with Crippen LogP contribution < -0.4 is 4.90 Å². The number of hydrogen-bond acceptors (Lipinski definition) is 6. The first-order chi connectivity index (χ1) is 39.7. The number of aryl methyl sites for hydroxylation is 3. The van der Waals surface area contributed by atoms with E-state index in [9.17, 15) is 4.79 Å².